The van der Waals surface area contributed by atoms with E-state index in [0.29, 0.717) is 6.04 Å². The van der Waals surface area contributed by atoms with Gasteiger partial charge in [0.05, 0.1) is 18.8 Å². The standard InChI is InChI=1S/C21H26F4N4O/c1-13(2)29-20(15-3-5-16(11-15)28-7-9-30-10-8-28)26-19(27-29)14-4-6-17(18(22)12-14)21(23,24)25/h4,6,12-13,15-16H,3,5,7-11H2,1-2H3/t15-,16-/m0/s1. The van der Waals surface area contributed by atoms with Crippen LogP contribution < -0.4 is 0 Å². The van der Waals surface area contributed by atoms with Crippen molar-refractivity contribution in [3.8, 4) is 11.4 Å². The van der Waals surface area contributed by atoms with Crippen LogP contribution in [0.5, 0.6) is 0 Å². The molecular formula is C21H26F4N4O. The van der Waals surface area contributed by atoms with Crippen LogP contribution in [-0.4, -0.2) is 52.0 Å². The van der Waals surface area contributed by atoms with Gasteiger partial charge in [0.25, 0.3) is 0 Å². The number of aromatic nitrogens is 3. The Hall–Kier alpha value is -2.00. The summed E-state index contributed by atoms with van der Waals surface area (Å²) in [5, 5.41) is 4.52. The van der Waals surface area contributed by atoms with E-state index in [1.54, 1.807) is 0 Å². The normalized spacial score (nSPS) is 23.4. The van der Waals surface area contributed by atoms with Gasteiger partial charge in [0, 0.05) is 36.7 Å². The smallest absolute Gasteiger partial charge is 0.379 e. The summed E-state index contributed by atoms with van der Waals surface area (Å²) in [6.07, 6.45) is -1.71. The second-order valence-corrected chi connectivity index (χ2v) is 8.34. The van der Waals surface area contributed by atoms with E-state index in [9.17, 15) is 17.6 Å². The van der Waals surface area contributed by atoms with Gasteiger partial charge in [0.15, 0.2) is 5.82 Å². The number of ether oxygens (including phenoxy) is 1. The number of hydrogen-bond acceptors (Lipinski definition) is 4. The van der Waals surface area contributed by atoms with E-state index in [0.717, 1.165) is 63.5 Å². The molecule has 0 bridgehead atoms. The minimum Gasteiger partial charge on any atom is -0.379 e. The molecule has 2 fully saturated rings. The summed E-state index contributed by atoms with van der Waals surface area (Å²) < 4.78 is 59.9. The Balaban J connectivity index is 1.59. The largest absolute Gasteiger partial charge is 0.419 e. The van der Waals surface area contributed by atoms with Crippen LogP contribution in [-0.2, 0) is 10.9 Å². The predicted molar refractivity (Wildman–Crippen MR) is 104 cm³/mol. The third kappa shape index (κ3) is 4.23. The van der Waals surface area contributed by atoms with Crippen LogP contribution in [0.2, 0.25) is 0 Å². The van der Waals surface area contributed by atoms with E-state index in [2.05, 4.69) is 15.0 Å². The monoisotopic (exact) mass is 426 g/mol. The van der Waals surface area contributed by atoms with E-state index in [-0.39, 0.29) is 23.3 Å². The van der Waals surface area contributed by atoms with E-state index in [4.69, 9.17) is 4.74 Å². The summed E-state index contributed by atoms with van der Waals surface area (Å²) in [4.78, 5) is 7.12. The fourth-order valence-corrected chi connectivity index (χ4v) is 4.47. The lowest BCUT2D eigenvalue weighted by molar-refractivity contribution is -0.139. The predicted octanol–water partition coefficient (Wildman–Crippen LogP) is 4.65. The summed E-state index contributed by atoms with van der Waals surface area (Å²) in [6, 6.07) is 3.38. The van der Waals surface area contributed by atoms with Gasteiger partial charge in [-0.05, 0) is 45.2 Å². The van der Waals surface area contributed by atoms with Gasteiger partial charge in [0.2, 0.25) is 0 Å². The number of hydrogen-bond donors (Lipinski definition) is 0. The van der Waals surface area contributed by atoms with Gasteiger partial charge < -0.3 is 4.74 Å². The number of nitrogens with zero attached hydrogens (tertiary/aromatic N) is 4. The fourth-order valence-electron chi connectivity index (χ4n) is 4.47. The molecule has 1 aliphatic heterocycles. The van der Waals surface area contributed by atoms with E-state index >= 15 is 0 Å². The molecule has 4 rings (SSSR count). The molecule has 164 valence electrons. The molecule has 2 heterocycles. The van der Waals surface area contributed by atoms with Gasteiger partial charge in [-0.1, -0.05) is 6.07 Å². The second kappa shape index (κ2) is 8.26. The minimum atomic E-state index is -4.73. The molecule has 1 saturated heterocycles. The topological polar surface area (TPSA) is 43.2 Å². The Bertz CT molecular complexity index is 890. The van der Waals surface area contributed by atoms with E-state index in [1.165, 1.54) is 6.07 Å². The van der Waals surface area contributed by atoms with Crippen molar-refractivity contribution in [1.29, 1.82) is 0 Å². The zero-order valence-electron chi connectivity index (χ0n) is 17.1. The molecule has 0 spiro atoms. The first kappa shape index (κ1) is 21.2. The van der Waals surface area contributed by atoms with Gasteiger partial charge in [-0.2, -0.15) is 18.3 Å². The molecule has 2 aliphatic rings. The highest BCUT2D eigenvalue weighted by atomic mass is 19.4. The Morgan fingerprint density at radius 2 is 1.87 bits per heavy atom. The quantitative estimate of drug-likeness (QED) is 0.668. The Morgan fingerprint density at radius 1 is 1.13 bits per heavy atom. The van der Waals surface area contributed by atoms with Crippen molar-refractivity contribution >= 4 is 0 Å². The SMILES string of the molecule is CC(C)n1nc(-c2ccc(C(F)(F)F)c(F)c2)nc1[C@H]1CC[C@H](N2CCOCC2)C1. The first-order valence-corrected chi connectivity index (χ1v) is 10.4. The number of halogens is 4. The molecule has 0 unspecified atom stereocenters. The molecule has 2 atom stereocenters. The van der Waals surface area contributed by atoms with Gasteiger partial charge in [-0.15, -0.1) is 0 Å². The van der Waals surface area contributed by atoms with Gasteiger partial charge in [-0.3, -0.25) is 4.90 Å². The lowest BCUT2D eigenvalue weighted by Gasteiger charge is -2.32. The van der Waals surface area contributed by atoms with Crippen LogP contribution in [0.4, 0.5) is 17.6 Å². The summed E-state index contributed by atoms with van der Waals surface area (Å²) in [7, 11) is 0. The molecule has 1 aliphatic carbocycles. The van der Waals surface area contributed by atoms with Crippen molar-refractivity contribution in [2.75, 3.05) is 26.3 Å². The molecule has 5 nitrogen and oxygen atoms in total. The lowest BCUT2D eigenvalue weighted by Crippen LogP contribution is -2.42. The van der Waals surface area contributed by atoms with Crippen molar-refractivity contribution in [2.24, 2.45) is 0 Å². The van der Waals surface area contributed by atoms with Crippen LogP contribution in [0.25, 0.3) is 11.4 Å². The average Bonchev–Trinajstić information content (AvgIpc) is 3.35. The molecule has 0 amide bonds. The average molecular weight is 426 g/mol. The Kier molecular flexibility index (Phi) is 5.85. The van der Waals surface area contributed by atoms with Crippen LogP contribution in [0, 0.1) is 5.82 Å². The summed E-state index contributed by atoms with van der Waals surface area (Å²) in [6.45, 7) is 7.36. The zero-order valence-corrected chi connectivity index (χ0v) is 17.1. The first-order valence-electron chi connectivity index (χ1n) is 10.4. The number of benzene rings is 1. The van der Waals surface area contributed by atoms with Crippen molar-refractivity contribution < 1.29 is 22.3 Å². The van der Waals surface area contributed by atoms with Crippen LogP contribution in [0.3, 0.4) is 0 Å². The molecule has 0 radical (unpaired) electrons. The highest BCUT2D eigenvalue weighted by Gasteiger charge is 2.36. The molecule has 1 aromatic carbocycles. The van der Waals surface area contributed by atoms with Gasteiger partial charge >= 0.3 is 6.18 Å². The number of morpholine rings is 1. The summed E-state index contributed by atoms with van der Waals surface area (Å²) >= 11 is 0. The van der Waals surface area contributed by atoms with Crippen molar-refractivity contribution in [3.05, 3.63) is 35.4 Å². The summed E-state index contributed by atoms with van der Waals surface area (Å²) in [5.74, 6) is 0.00805. The third-order valence-electron chi connectivity index (χ3n) is 6.01. The number of alkyl halides is 3. The molecule has 2 aromatic rings. The second-order valence-electron chi connectivity index (χ2n) is 8.34. The summed E-state index contributed by atoms with van der Waals surface area (Å²) in [5.41, 5.74) is -1.03. The van der Waals surface area contributed by atoms with Gasteiger partial charge in [-0.25, -0.2) is 14.1 Å². The van der Waals surface area contributed by atoms with E-state index in [1.807, 2.05) is 18.5 Å². The molecule has 9 heteroatoms. The maximum Gasteiger partial charge on any atom is 0.419 e. The van der Waals surface area contributed by atoms with Crippen molar-refractivity contribution in [3.63, 3.8) is 0 Å². The molecule has 30 heavy (non-hydrogen) atoms. The maximum atomic E-state index is 14.1. The van der Waals surface area contributed by atoms with Crippen molar-refractivity contribution in [1.82, 2.24) is 19.7 Å². The number of rotatable bonds is 4. The Morgan fingerprint density at radius 3 is 2.50 bits per heavy atom. The lowest BCUT2D eigenvalue weighted by atomic mass is 10.1. The van der Waals surface area contributed by atoms with Gasteiger partial charge in [0.1, 0.15) is 11.6 Å². The van der Waals surface area contributed by atoms with Crippen LogP contribution in [0.1, 0.15) is 56.5 Å². The highest BCUT2D eigenvalue weighted by molar-refractivity contribution is 5.56. The third-order valence-corrected chi connectivity index (χ3v) is 6.01. The zero-order chi connectivity index (χ0) is 21.5. The van der Waals surface area contributed by atoms with Crippen molar-refractivity contribution in [2.45, 2.75) is 57.3 Å². The highest BCUT2D eigenvalue weighted by Crippen LogP contribution is 2.38. The molecular weight excluding hydrogens is 400 g/mol. The molecule has 1 saturated carbocycles. The fraction of sp³-hybridized carbons (Fsp3) is 0.619. The minimum absolute atomic E-state index is 0.0444. The van der Waals surface area contributed by atoms with Crippen LogP contribution >= 0.6 is 0 Å². The van der Waals surface area contributed by atoms with E-state index < -0.39 is 17.6 Å². The molecule has 0 N–H and O–H groups in total. The molecule has 1 aromatic heterocycles. The Labute approximate surface area is 173 Å². The first-order chi connectivity index (χ1) is 14.2. The van der Waals surface area contributed by atoms with Crippen LogP contribution in [0.15, 0.2) is 18.2 Å². The maximum absolute atomic E-state index is 14.1.